The van der Waals surface area contributed by atoms with Gasteiger partial charge in [-0.1, -0.05) is 6.92 Å². The third-order valence-corrected chi connectivity index (χ3v) is 2.85. The average Bonchev–Trinajstić information content (AvgIpc) is 2.25. The fraction of sp³-hybridized carbons (Fsp3) is 0.667. The van der Waals surface area contributed by atoms with Gasteiger partial charge < -0.3 is 10.1 Å². The molecule has 0 unspecified atom stereocenters. The Bertz CT molecular complexity index is 380. The molecule has 0 fully saturated rings. The van der Waals surface area contributed by atoms with Crippen molar-refractivity contribution in [1.29, 1.82) is 0 Å². The first-order valence-corrected chi connectivity index (χ1v) is 6.61. The molecule has 0 aliphatic heterocycles. The molecule has 0 amide bonds. The predicted octanol–water partition coefficient (Wildman–Crippen LogP) is 3.54. The largest absolute Gasteiger partial charge is 0.472 e. The Kier molecular flexibility index (Phi) is 4.74. The molecule has 0 radical (unpaired) electrons. The van der Waals surface area contributed by atoms with Crippen molar-refractivity contribution in [2.24, 2.45) is 0 Å². The molecule has 1 heterocycles. The number of ether oxygens (including phenoxy) is 1. The monoisotopic (exact) mass is 250 g/mol. The van der Waals surface area contributed by atoms with Gasteiger partial charge in [-0.15, -0.1) is 0 Å². The van der Waals surface area contributed by atoms with Crippen LogP contribution in [0.4, 0.5) is 0 Å². The second-order valence-electron chi connectivity index (χ2n) is 6.32. The Balaban J connectivity index is 2.68. The Labute approximate surface area is 111 Å². The molecule has 0 spiro atoms. The van der Waals surface area contributed by atoms with Crippen LogP contribution in [0, 0.1) is 0 Å². The van der Waals surface area contributed by atoms with Gasteiger partial charge in [-0.2, -0.15) is 0 Å². The molecule has 1 aromatic rings. The van der Waals surface area contributed by atoms with Gasteiger partial charge in [0, 0.05) is 24.3 Å². The van der Waals surface area contributed by atoms with Crippen LogP contribution in [-0.2, 0) is 6.54 Å². The molecule has 0 aromatic carbocycles. The molecule has 1 aromatic heterocycles. The van der Waals surface area contributed by atoms with E-state index in [1.165, 1.54) is 5.56 Å². The van der Waals surface area contributed by atoms with E-state index < -0.39 is 0 Å². The molecule has 18 heavy (non-hydrogen) atoms. The van der Waals surface area contributed by atoms with E-state index in [0.717, 1.165) is 13.0 Å². The number of nitrogens with zero attached hydrogens (tertiary/aromatic N) is 1. The molecule has 102 valence electrons. The highest BCUT2D eigenvalue weighted by Crippen LogP contribution is 2.19. The van der Waals surface area contributed by atoms with Gasteiger partial charge in [0.2, 0.25) is 5.88 Å². The van der Waals surface area contributed by atoms with Crippen molar-refractivity contribution < 1.29 is 4.74 Å². The topological polar surface area (TPSA) is 34.1 Å². The highest BCUT2D eigenvalue weighted by atomic mass is 16.5. The number of rotatable bonds is 5. The van der Waals surface area contributed by atoms with Gasteiger partial charge >= 0.3 is 0 Å². The van der Waals surface area contributed by atoms with Crippen LogP contribution in [-0.4, -0.2) is 16.1 Å². The van der Waals surface area contributed by atoms with E-state index in [0.29, 0.717) is 5.88 Å². The molecule has 1 N–H and O–H groups in total. The molecule has 0 aliphatic rings. The molecule has 3 heteroatoms. The zero-order valence-corrected chi connectivity index (χ0v) is 12.5. The Hall–Kier alpha value is -1.09. The van der Waals surface area contributed by atoms with Gasteiger partial charge in [-0.3, -0.25) is 0 Å². The van der Waals surface area contributed by atoms with Crippen LogP contribution in [0.15, 0.2) is 18.3 Å². The van der Waals surface area contributed by atoms with Crippen molar-refractivity contribution in [1.82, 2.24) is 10.3 Å². The normalized spacial score (nSPS) is 12.6. The minimum absolute atomic E-state index is 0.118. The van der Waals surface area contributed by atoms with E-state index >= 15 is 0 Å². The average molecular weight is 250 g/mol. The number of pyridine rings is 1. The van der Waals surface area contributed by atoms with E-state index in [1.807, 2.05) is 12.1 Å². The smallest absolute Gasteiger partial charge is 0.214 e. The van der Waals surface area contributed by atoms with Gasteiger partial charge in [0.05, 0.1) is 0 Å². The van der Waals surface area contributed by atoms with E-state index in [2.05, 4.69) is 51.8 Å². The quantitative estimate of drug-likeness (QED) is 0.868. The van der Waals surface area contributed by atoms with Gasteiger partial charge in [-0.05, 0) is 52.7 Å². The molecular weight excluding hydrogens is 224 g/mol. The lowest BCUT2D eigenvalue weighted by atomic mass is 10.1. The van der Waals surface area contributed by atoms with Crippen LogP contribution in [0.25, 0.3) is 0 Å². The Morgan fingerprint density at radius 1 is 1.22 bits per heavy atom. The third-order valence-electron chi connectivity index (χ3n) is 2.85. The van der Waals surface area contributed by atoms with Crippen molar-refractivity contribution >= 4 is 0 Å². The lowest BCUT2D eigenvalue weighted by Gasteiger charge is -2.24. The second-order valence-corrected chi connectivity index (χ2v) is 6.32. The number of nitrogens with one attached hydrogen (secondary N) is 1. The third kappa shape index (κ3) is 5.50. The number of hydrogen-bond donors (Lipinski definition) is 1. The summed E-state index contributed by atoms with van der Waals surface area (Å²) >= 11 is 0. The zero-order chi connectivity index (χ0) is 13.8. The maximum absolute atomic E-state index is 5.88. The molecule has 0 bridgehead atoms. The summed E-state index contributed by atoms with van der Waals surface area (Å²) in [6, 6.07) is 4.03. The van der Waals surface area contributed by atoms with Gasteiger partial charge in [0.15, 0.2) is 0 Å². The van der Waals surface area contributed by atoms with Crippen LogP contribution in [0.1, 0.15) is 53.5 Å². The predicted molar refractivity (Wildman–Crippen MR) is 75.8 cm³/mol. The number of hydrogen-bond acceptors (Lipinski definition) is 3. The zero-order valence-electron chi connectivity index (χ0n) is 12.5. The van der Waals surface area contributed by atoms with Crippen LogP contribution in [0.5, 0.6) is 5.88 Å². The summed E-state index contributed by atoms with van der Waals surface area (Å²) in [6.07, 6.45) is 2.76. The van der Waals surface area contributed by atoms with E-state index in [4.69, 9.17) is 4.74 Å². The minimum atomic E-state index is -0.164. The fourth-order valence-electron chi connectivity index (χ4n) is 1.34. The van der Waals surface area contributed by atoms with E-state index in [1.54, 1.807) is 6.20 Å². The SMILES string of the molecule is CCC(C)(C)Oc1cc(CNC(C)(C)C)ccn1. The number of aromatic nitrogens is 1. The first kappa shape index (κ1) is 15.0. The van der Waals surface area contributed by atoms with Crippen LogP contribution in [0.3, 0.4) is 0 Å². The summed E-state index contributed by atoms with van der Waals surface area (Å²) in [5, 5.41) is 3.46. The van der Waals surface area contributed by atoms with Crippen molar-refractivity contribution in [2.75, 3.05) is 0 Å². The molecule has 0 saturated heterocycles. The summed E-state index contributed by atoms with van der Waals surface area (Å²) in [6.45, 7) is 13.6. The van der Waals surface area contributed by atoms with Crippen LogP contribution < -0.4 is 10.1 Å². The van der Waals surface area contributed by atoms with E-state index in [-0.39, 0.29) is 11.1 Å². The molecule has 3 nitrogen and oxygen atoms in total. The summed E-state index contributed by atoms with van der Waals surface area (Å²) in [5.74, 6) is 0.704. The maximum Gasteiger partial charge on any atom is 0.214 e. The Morgan fingerprint density at radius 3 is 2.44 bits per heavy atom. The van der Waals surface area contributed by atoms with Crippen molar-refractivity contribution in [3.63, 3.8) is 0 Å². The second kappa shape index (κ2) is 5.70. The van der Waals surface area contributed by atoms with Crippen LogP contribution >= 0.6 is 0 Å². The van der Waals surface area contributed by atoms with Crippen molar-refractivity contribution in [3.05, 3.63) is 23.9 Å². The lowest BCUT2D eigenvalue weighted by molar-refractivity contribution is 0.0989. The summed E-state index contributed by atoms with van der Waals surface area (Å²) in [4.78, 5) is 4.27. The van der Waals surface area contributed by atoms with Crippen molar-refractivity contribution in [3.8, 4) is 5.88 Å². The van der Waals surface area contributed by atoms with Gasteiger partial charge in [0.25, 0.3) is 0 Å². The molecule has 0 saturated carbocycles. The lowest BCUT2D eigenvalue weighted by Crippen LogP contribution is -2.35. The fourth-order valence-corrected chi connectivity index (χ4v) is 1.34. The van der Waals surface area contributed by atoms with Crippen molar-refractivity contribution in [2.45, 2.75) is 65.6 Å². The van der Waals surface area contributed by atoms with Crippen LogP contribution in [0.2, 0.25) is 0 Å². The first-order chi connectivity index (χ1) is 8.22. The summed E-state index contributed by atoms with van der Waals surface area (Å²) < 4.78 is 5.88. The van der Waals surface area contributed by atoms with E-state index in [9.17, 15) is 0 Å². The Morgan fingerprint density at radius 2 is 1.89 bits per heavy atom. The highest BCUT2D eigenvalue weighted by molar-refractivity contribution is 5.21. The minimum Gasteiger partial charge on any atom is -0.472 e. The molecule has 0 aliphatic carbocycles. The maximum atomic E-state index is 5.88. The molecule has 1 rings (SSSR count). The first-order valence-electron chi connectivity index (χ1n) is 6.61. The standard InChI is InChI=1S/C15H26N2O/c1-7-15(5,6)18-13-10-12(8-9-16-13)11-17-14(2,3)4/h8-10,17H,7,11H2,1-6H3. The van der Waals surface area contributed by atoms with Gasteiger partial charge in [-0.25, -0.2) is 4.98 Å². The summed E-state index contributed by atoms with van der Waals surface area (Å²) in [7, 11) is 0. The highest BCUT2D eigenvalue weighted by Gasteiger charge is 2.17. The molecular formula is C15H26N2O. The molecule has 0 atom stereocenters. The summed E-state index contributed by atoms with van der Waals surface area (Å²) in [5.41, 5.74) is 1.15. The van der Waals surface area contributed by atoms with Gasteiger partial charge in [0.1, 0.15) is 5.60 Å².